The lowest BCUT2D eigenvalue weighted by Crippen LogP contribution is -2.20. The zero-order valence-corrected chi connectivity index (χ0v) is 10.1. The molecule has 0 atom stereocenters. The number of methoxy groups -OCH3 is 1. The number of rotatable bonds is 2. The first kappa shape index (κ1) is 11.6. The summed E-state index contributed by atoms with van der Waals surface area (Å²) in [6.07, 6.45) is 1.57. The zero-order valence-electron chi connectivity index (χ0n) is 9.32. The molecule has 88 valence electrons. The molecule has 0 aliphatic rings. The maximum absolute atomic E-state index is 11.6. The molecule has 2 aromatic heterocycles. The van der Waals surface area contributed by atoms with E-state index >= 15 is 0 Å². The Balaban J connectivity index is 2.74. The van der Waals surface area contributed by atoms with Crippen LogP contribution < -0.4 is 10.1 Å². The lowest BCUT2D eigenvalue weighted by Gasteiger charge is -2.08. The topological polar surface area (TPSA) is 64.1 Å². The second kappa shape index (κ2) is 4.55. The standard InChI is InChI=1S/C11H10ClN3O2/c1-13-11(16)10-8(17-2)5-7-9(15-10)6(12)3-4-14-7/h3-5H,1-2H3,(H,13,16). The maximum atomic E-state index is 11.6. The van der Waals surface area contributed by atoms with Gasteiger partial charge >= 0.3 is 0 Å². The van der Waals surface area contributed by atoms with E-state index in [1.807, 2.05) is 0 Å². The molecule has 1 amide bonds. The first-order valence-corrected chi connectivity index (χ1v) is 5.26. The minimum Gasteiger partial charge on any atom is -0.494 e. The lowest BCUT2D eigenvalue weighted by molar-refractivity contribution is 0.0955. The number of carbonyl (C=O) groups is 1. The third-order valence-corrected chi connectivity index (χ3v) is 2.60. The van der Waals surface area contributed by atoms with E-state index in [0.717, 1.165) is 0 Å². The third-order valence-electron chi connectivity index (χ3n) is 2.29. The van der Waals surface area contributed by atoms with Crippen LogP contribution in [0, 0.1) is 0 Å². The molecule has 0 aliphatic heterocycles. The van der Waals surface area contributed by atoms with Crippen molar-refractivity contribution in [3.8, 4) is 5.75 Å². The molecule has 0 aromatic carbocycles. The molecule has 0 saturated heterocycles. The Morgan fingerprint density at radius 2 is 2.29 bits per heavy atom. The summed E-state index contributed by atoms with van der Waals surface area (Å²) >= 11 is 6.00. The van der Waals surface area contributed by atoms with Crippen LogP contribution in [0.5, 0.6) is 5.75 Å². The summed E-state index contributed by atoms with van der Waals surface area (Å²) < 4.78 is 5.11. The van der Waals surface area contributed by atoms with Crippen LogP contribution in [0.4, 0.5) is 0 Å². The first-order valence-electron chi connectivity index (χ1n) is 4.88. The largest absolute Gasteiger partial charge is 0.494 e. The zero-order chi connectivity index (χ0) is 12.4. The van der Waals surface area contributed by atoms with Crippen molar-refractivity contribution in [1.29, 1.82) is 0 Å². The van der Waals surface area contributed by atoms with E-state index in [-0.39, 0.29) is 11.6 Å². The summed E-state index contributed by atoms with van der Waals surface area (Å²) in [5.74, 6) is 0.0373. The van der Waals surface area contributed by atoms with E-state index in [9.17, 15) is 4.79 Å². The summed E-state index contributed by atoms with van der Waals surface area (Å²) in [6.45, 7) is 0. The predicted octanol–water partition coefficient (Wildman–Crippen LogP) is 1.65. The molecule has 6 heteroatoms. The van der Waals surface area contributed by atoms with Crippen LogP contribution in [-0.2, 0) is 0 Å². The maximum Gasteiger partial charge on any atom is 0.273 e. The Bertz CT molecular complexity index is 586. The summed E-state index contributed by atoms with van der Waals surface area (Å²) in [5, 5.41) is 2.94. The quantitative estimate of drug-likeness (QED) is 0.882. The predicted molar refractivity (Wildman–Crippen MR) is 64.5 cm³/mol. The third kappa shape index (κ3) is 2.01. The Morgan fingerprint density at radius 1 is 1.53 bits per heavy atom. The molecule has 0 aliphatic carbocycles. The Hall–Kier alpha value is -1.88. The number of pyridine rings is 2. The highest BCUT2D eigenvalue weighted by molar-refractivity contribution is 6.34. The van der Waals surface area contributed by atoms with Crippen LogP contribution >= 0.6 is 11.6 Å². The highest BCUT2D eigenvalue weighted by Gasteiger charge is 2.15. The Labute approximate surface area is 103 Å². The molecule has 2 heterocycles. The van der Waals surface area contributed by atoms with E-state index in [1.54, 1.807) is 18.3 Å². The average molecular weight is 252 g/mol. The molecule has 0 spiro atoms. The fourth-order valence-electron chi connectivity index (χ4n) is 1.46. The van der Waals surface area contributed by atoms with Gasteiger partial charge in [-0.25, -0.2) is 4.98 Å². The van der Waals surface area contributed by atoms with Gasteiger partial charge in [-0.1, -0.05) is 11.6 Å². The summed E-state index contributed by atoms with van der Waals surface area (Å²) in [4.78, 5) is 19.9. The van der Waals surface area contributed by atoms with Crippen molar-refractivity contribution in [2.45, 2.75) is 0 Å². The fourth-order valence-corrected chi connectivity index (χ4v) is 1.65. The van der Waals surface area contributed by atoms with Crippen molar-refractivity contribution in [2.24, 2.45) is 0 Å². The number of hydrogen-bond acceptors (Lipinski definition) is 4. The van der Waals surface area contributed by atoms with Crippen LogP contribution in [0.15, 0.2) is 18.3 Å². The van der Waals surface area contributed by atoms with Gasteiger partial charge in [0.15, 0.2) is 11.4 Å². The molecule has 0 bridgehead atoms. The van der Waals surface area contributed by atoms with E-state index in [1.165, 1.54) is 14.2 Å². The van der Waals surface area contributed by atoms with Crippen molar-refractivity contribution in [3.63, 3.8) is 0 Å². The molecular formula is C11H10ClN3O2. The van der Waals surface area contributed by atoms with Crippen molar-refractivity contribution in [2.75, 3.05) is 14.2 Å². The van der Waals surface area contributed by atoms with E-state index < -0.39 is 0 Å². The number of hydrogen-bond donors (Lipinski definition) is 1. The number of fused-ring (bicyclic) bond motifs is 1. The number of amides is 1. The van der Waals surface area contributed by atoms with E-state index in [4.69, 9.17) is 16.3 Å². The SMILES string of the molecule is CNC(=O)c1nc2c(Cl)ccnc2cc1OC. The van der Waals surface area contributed by atoms with Gasteiger partial charge in [0.1, 0.15) is 5.52 Å². The number of aromatic nitrogens is 2. The number of ether oxygens (including phenoxy) is 1. The molecule has 0 fully saturated rings. The molecular weight excluding hydrogens is 242 g/mol. The summed E-state index contributed by atoms with van der Waals surface area (Å²) in [7, 11) is 3.00. The monoisotopic (exact) mass is 251 g/mol. The van der Waals surface area contributed by atoms with Gasteiger partial charge in [0.05, 0.1) is 17.6 Å². The van der Waals surface area contributed by atoms with Gasteiger partial charge in [-0.2, -0.15) is 0 Å². The number of halogens is 1. The summed E-state index contributed by atoms with van der Waals surface area (Å²) in [5.41, 5.74) is 1.26. The van der Waals surface area contributed by atoms with Gasteiger partial charge in [-0.3, -0.25) is 9.78 Å². The molecule has 2 aromatic rings. The highest BCUT2D eigenvalue weighted by Crippen LogP contribution is 2.25. The average Bonchev–Trinajstić information content (AvgIpc) is 2.37. The van der Waals surface area contributed by atoms with Crippen LogP contribution in [0.25, 0.3) is 11.0 Å². The van der Waals surface area contributed by atoms with E-state index in [2.05, 4.69) is 15.3 Å². The van der Waals surface area contributed by atoms with Crippen molar-refractivity contribution >= 4 is 28.5 Å². The highest BCUT2D eigenvalue weighted by atomic mass is 35.5. The van der Waals surface area contributed by atoms with Crippen LogP contribution in [0.3, 0.4) is 0 Å². The molecule has 17 heavy (non-hydrogen) atoms. The molecule has 2 rings (SSSR count). The number of nitrogens with zero attached hydrogens (tertiary/aromatic N) is 2. The van der Waals surface area contributed by atoms with E-state index in [0.29, 0.717) is 21.8 Å². The minimum absolute atomic E-state index is 0.192. The number of carbonyl (C=O) groups excluding carboxylic acids is 1. The molecule has 0 radical (unpaired) electrons. The second-order valence-corrected chi connectivity index (χ2v) is 3.69. The van der Waals surface area contributed by atoms with Gasteiger partial charge in [0.2, 0.25) is 0 Å². The van der Waals surface area contributed by atoms with Crippen LogP contribution in [0.1, 0.15) is 10.5 Å². The Morgan fingerprint density at radius 3 is 2.94 bits per heavy atom. The molecule has 5 nitrogen and oxygen atoms in total. The van der Waals surface area contributed by atoms with Gasteiger partial charge in [-0.05, 0) is 6.07 Å². The van der Waals surface area contributed by atoms with Gasteiger partial charge in [0, 0.05) is 19.3 Å². The van der Waals surface area contributed by atoms with Crippen molar-refractivity contribution < 1.29 is 9.53 Å². The van der Waals surface area contributed by atoms with Gasteiger partial charge in [0.25, 0.3) is 5.91 Å². The molecule has 0 saturated carbocycles. The summed E-state index contributed by atoms with van der Waals surface area (Å²) in [6, 6.07) is 3.26. The van der Waals surface area contributed by atoms with Crippen molar-refractivity contribution in [1.82, 2.24) is 15.3 Å². The Kier molecular flexibility index (Phi) is 3.10. The smallest absolute Gasteiger partial charge is 0.273 e. The van der Waals surface area contributed by atoms with Crippen LogP contribution in [0.2, 0.25) is 5.02 Å². The minimum atomic E-state index is -0.330. The fraction of sp³-hybridized carbons (Fsp3) is 0.182. The second-order valence-electron chi connectivity index (χ2n) is 3.28. The molecule has 1 N–H and O–H groups in total. The van der Waals surface area contributed by atoms with Gasteiger partial charge in [-0.15, -0.1) is 0 Å². The van der Waals surface area contributed by atoms with Gasteiger partial charge < -0.3 is 10.1 Å². The van der Waals surface area contributed by atoms with Crippen LogP contribution in [-0.4, -0.2) is 30.0 Å². The first-order chi connectivity index (χ1) is 8.17. The normalized spacial score (nSPS) is 10.3. The number of nitrogens with one attached hydrogen (secondary N) is 1. The lowest BCUT2D eigenvalue weighted by atomic mass is 10.2. The molecule has 0 unspecified atom stereocenters. The van der Waals surface area contributed by atoms with Crippen molar-refractivity contribution in [3.05, 3.63) is 29.0 Å².